The molecular formula is C24H22N6O3. The molecule has 1 aliphatic rings. The molecule has 9 nitrogen and oxygen atoms in total. The molecule has 0 saturated carbocycles. The van der Waals surface area contributed by atoms with Crippen LogP contribution in [0.5, 0.6) is 0 Å². The van der Waals surface area contributed by atoms with E-state index in [2.05, 4.69) is 15.3 Å². The number of hydrogen-bond donors (Lipinski definition) is 1. The molecule has 0 bridgehead atoms. The Morgan fingerprint density at radius 2 is 1.94 bits per heavy atom. The third-order valence-corrected chi connectivity index (χ3v) is 5.72. The predicted octanol–water partition coefficient (Wildman–Crippen LogP) is 2.19. The fourth-order valence-electron chi connectivity index (χ4n) is 3.94. The number of nitrogens with zero attached hydrogens (tertiary/aromatic N) is 5. The van der Waals surface area contributed by atoms with Crippen LogP contribution in [0.2, 0.25) is 0 Å². The van der Waals surface area contributed by atoms with E-state index in [1.807, 2.05) is 42.5 Å². The summed E-state index contributed by atoms with van der Waals surface area (Å²) in [5.41, 5.74) is 9.87. The van der Waals surface area contributed by atoms with Gasteiger partial charge < -0.3 is 15.4 Å². The fourth-order valence-corrected chi connectivity index (χ4v) is 3.94. The van der Waals surface area contributed by atoms with Crippen molar-refractivity contribution >= 4 is 22.8 Å². The summed E-state index contributed by atoms with van der Waals surface area (Å²) in [7, 11) is 0. The van der Waals surface area contributed by atoms with Crippen molar-refractivity contribution in [1.29, 1.82) is 0 Å². The van der Waals surface area contributed by atoms with Crippen molar-refractivity contribution < 1.29 is 14.3 Å². The van der Waals surface area contributed by atoms with E-state index in [1.54, 1.807) is 34.0 Å². The number of hydrogen-bond acceptors (Lipinski definition) is 6. The van der Waals surface area contributed by atoms with Gasteiger partial charge in [-0.15, -0.1) is 5.10 Å². The van der Waals surface area contributed by atoms with Gasteiger partial charge in [0.2, 0.25) is 11.8 Å². The molecule has 2 N–H and O–H groups in total. The van der Waals surface area contributed by atoms with Crippen molar-refractivity contribution in [1.82, 2.24) is 24.9 Å². The first-order valence-electron chi connectivity index (χ1n) is 10.6. The summed E-state index contributed by atoms with van der Waals surface area (Å²) < 4.78 is 7.51. The standard InChI is InChI=1S/C24H22N6O3/c25-24(32)17-5-3-4-16(12-17)18-8-9-20(26-13-18)22-14-29(10-11-33-22)23(31)15-30-21-7-2-1-6-19(21)27-28-30/h1-9,12-13,22H,10-11,14-15H2,(H2,25,32). The summed E-state index contributed by atoms with van der Waals surface area (Å²) in [6, 6.07) is 18.5. The molecule has 4 aromatic rings. The molecule has 3 heterocycles. The number of morpholine rings is 1. The fraction of sp³-hybridized carbons (Fsp3) is 0.208. The first-order chi connectivity index (χ1) is 16.1. The molecular weight excluding hydrogens is 420 g/mol. The molecule has 2 amide bonds. The van der Waals surface area contributed by atoms with Crippen molar-refractivity contribution in [2.45, 2.75) is 12.6 Å². The van der Waals surface area contributed by atoms with E-state index in [1.165, 1.54) is 0 Å². The van der Waals surface area contributed by atoms with Gasteiger partial charge in [0.05, 0.1) is 24.4 Å². The topological polar surface area (TPSA) is 116 Å². The Morgan fingerprint density at radius 1 is 1.06 bits per heavy atom. The molecule has 2 aromatic heterocycles. The van der Waals surface area contributed by atoms with Crippen LogP contribution >= 0.6 is 0 Å². The van der Waals surface area contributed by atoms with E-state index < -0.39 is 5.91 Å². The minimum Gasteiger partial charge on any atom is -0.368 e. The third kappa shape index (κ3) is 4.31. The number of primary amides is 1. The Morgan fingerprint density at radius 3 is 2.76 bits per heavy atom. The normalized spacial score (nSPS) is 16.1. The first kappa shape index (κ1) is 20.8. The van der Waals surface area contributed by atoms with E-state index in [4.69, 9.17) is 10.5 Å². The molecule has 1 aliphatic heterocycles. The maximum atomic E-state index is 12.9. The second-order valence-corrected chi connectivity index (χ2v) is 7.85. The highest BCUT2D eigenvalue weighted by Gasteiger charge is 2.27. The Labute approximate surface area is 189 Å². The average Bonchev–Trinajstić information content (AvgIpc) is 3.27. The Balaban J connectivity index is 1.28. The zero-order chi connectivity index (χ0) is 22.8. The lowest BCUT2D eigenvalue weighted by atomic mass is 10.0. The summed E-state index contributed by atoms with van der Waals surface area (Å²) in [6.07, 6.45) is 1.42. The molecule has 0 spiro atoms. The van der Waals surface area contributed by atoms with Gasteiger partial charge in [0.25, 0.3) is 0 Å². The van der Waals surface area contributed by atoms with Crippen molar-refractivity contribution in [2.24, 2.45) is 5.73 Å². The summed E-state index contributed by atoms with van der Waals surface area (Å²) in [5, 5.41) is 8.22. The number of para-hydroxylation sites is 1. The number of nitrogens with two attached hydrogens (primary N) is 1. The molecule has 1 saturated heterocycles. The molecule has 5 rings (SSSR count). The van der Waals surface area contributed by atoms with Crippen LogP contribution in [0.4, 0.5) is 0 Å². The van der Waals surface area contributed by atoms with Crippen LogP contribution in [0.25, 0.3) is 22.2 Å². The molecule has 33 heavy (non-hydrogen) atoms. The van der Waals surface area contributed by atoms with Crippen molar-refractivity contribution in [3.63, 3.8) is 0 Å². The zero-order valence-corrected chi connectivity index (χ0v) is 17.8. The maximum Gasteiger partial charge on any atom is 0.248 e. The van der Waals surface area contributed by atoms with Crippen molar-refractivity contribution in [3.05, 3.63) is 78.1 Å². The summed E-state index contributed by atoms with van der Waals surface area (Å²) in [4.78, 5) is 30.7. The van der Waals surface area contributed by atoms with Gasteiger partial charge in [-0.3, -0.25) is 14.6 Å². The third-order valence-electron chi connectivity index (χ3n) is 5.72. The highest BCUT2D eigenvalue weighted by Crippen LogP contribution is 2.25. The Kier molecular flexibility index (Phi) is 5.54. The molecule has 1 atom stereocenters. The second-order valence-electron chi connectivity index (χ2n) is 7.85. The Bertz CT molecular complexity index is 1320. The molecule has 166 valence electrons. The van der Waals surface area contributed by atoms with Gasteiger partial charge in [-0.2, -0.15) is 0 Å². The number of carbonyl (C=O) groups excluding carboxylic acids is 2. The maximum absolute atomic E-state index is 12.9. The average molecular weight is 442 g/mol. The Hall–Kier alpha value is -4.11. The summed E-state index contributed by atoms with van der Waals surface area (Å²) in [5.74, 6) is -0.514. The van der Waals surface area contributed by atoms with Gasteiger partial charge in [-0.05, 0) is 35.9 Å². The number of ether oxygens (including phenoxy) is 1. The van der Waals surface area contributed by atoms with Crippen LogP contribution < -0.4 is 5.73 Å². The minimum atomic E-state index is -0.472. The highest BCUT2D eigenvalue weighted by atomic mass is 16.5. The van der Waals surface area contributed by atoms with Crippen molar-refractivity contribution in [2.75, 3.05) is 19.7 Å². The number of carbonyl (C=O) groups is 2. The number of aromatic nitrogens is 4. The lowest BCUT2D eigenvalue weighted by Gasteiger charge is -2.32. The molecule has 2 aromatic carbocycles. The SMILES string of the molecule is NC(=O)c1cccc(-c2ccc(C3CN(C(=O)Cn4nnc5ccccc54)CCO3)nc2)c1. The van der Waals surface area contributed by atoms with Crippen LogP contribution in [-0.4, -0.2) is 56.4 Å². The number of fused-ring (bicyclic) bond motifs is 1. The van der Waals surface area contributed by atoms with Gasteiger partial charge in [0.1, 0.15) is 18.2 Å². The van der Waals surface area contributed by atoms with Crippen LogP contribution in [-0.2, 0) is 16.1 Å². The largest absolute Gasteiger partial charge is 0.368 e. The molecule has 0 aliphatic carbocycles. The predicted molar refractivity (Wildman–Crippen MR) is 121 cm³/mol. The van der Waals surface area contributed by atoms with E-state index in [0.29, 0.717) is 25.3 Å². The smallest absolute Gasteiger partial charge is 0.248 e. The summed E-state index contributed by atoms with van der Waals surface area (Å²) >= 11 is 0. The van der Waals surface area contributed by atoms with Crippen LogP contribution in [0.15, 0.2) is 66.9 Å². The number of benzene rings is 2. The van der Waals surface area contributed by atoms with Crippen LogP contribution in [0.1, 0.15) is 22.2 Å². The quantitative estimate of drug-likeness (QED) is 0.506. The van der Waals surface area contributed by atoms with Gasteiger partial charge in [-0.25, -0.2) is 4.68 Å². The summed E-state index contributed by atoms with van der Waals surface area (Å²) in [6.45, 7) is 1.48. The number of amides is 2. The van der Waals surface area contributed by atoms with Crippen molar-refractivity contribution in [3.8, 4) is 11.1 Å². The molecule has 1 fully saturated rings. The molecule has 1 unspecified atom stereocenters. The lowest BCUT2D eigenvalue weighted by molar-refractivity contribution is -0.140. The number of rotatable bonds is 5. The van der Waals surface area contributed by atoms with Gasteiger partial charge in [0, 0.05) is 23.9 Å². The van der Waals surface area contributed by atoms with Gasteiger partial charge >= 0.3 is 0 Å². The molecule has 0 radical (unpaired) electrons. The zero-order valence-electron chi connectivity index (χ0n) is 17.8. The van der Waals surface area contributed by atoms with Crippen LogP contribution in [0.3, 0.4) is 0 Å². The monoisotopic (exact) mass is 442 g/mol. The van der Waals surface area contributed by atoms with E-state index in [9.17, 15) is 9.59 Å². The lowest BCUT2D eigenvalue weighted by Crippen LogP contribution is -2.44. The highest BCUT2D eigenvalue weighted by molar-refractivity contribution is 5.94. The molecule has 9 heteroatoms. The number of pyridine rings is 1. The van der Waals surface area contributed by atoms with Gasteiger partial charge in [0.15, 0.2) is 0 Å². The van der Waals surface area contributed by atoms with Gasteiger partial charge in [-0.1, -0.05) is 35.5 Å². The van der Waals surface area contributed by atoms with E-state index in [0.717, 1.165) is 27.9 Å². The van der Waals surface area contributed by atoms with E-state index in [-0.39, 0.29) is 18.6 Å². The van der Waals surface area contributed by atoms with E-state index >= 15 is 0 Å². The van der Waals surface area contributed by atoms with Crippen LogP contribution in [0, 0.1) is 0 Å². The first-order valence-corrected chi connectivity index (χ1v) is 10.6. The second kappa shape index (κ2) is 8.79. The minimum absolute atomic E-state index is 0.0427.